The highest BCUT2D eigenvalue weighted by Gasteiger charge is 2.22. The molecule has 1 heterocycles. The van der Waals surface area contributed by atoms with Crippen LogP contribution in [0.3, 0.4) is 0 Å². The lowest BCUT2D eigenvalue weighted by atomic mass is 10.2. The van der Waals surface area contributed by atoms with Gasteiger partial charge in [0.05, 0.1) is 21.8 Å². The van der Waals surface area contributed by atoms with E-state index in [0.29, 0.717) is 22.3 Å². The lowest BCUT2D eigenvalue weighted by Crippen LogP contribution is -2.27. The van der Waals surface area contributed by atoms with Gasteiger partial charge >= 0.3 is 0 Å². The van der Waals surface area contributed by atoms with Crippen molar-refractivity contribution in [3.63, 3.8) is 0 Å². The standard InChI is InChI=1S/C24H18ClF2N3O2S/c1-13-5-3-4-6-19(13)28-22(31)14(2)33-24-29-20-9-7-15(25)11-17(20)23(32)30(24)21-10-8-16(26)12-18(21)27/h3-12,14H,1-2H3,(H,28,31)/t14-/m1/s1. The second-order valence-electron chi connectivity index (χ2n) is 7.36. The molecule has 1 atom stereocenters. The molecule has 1 amide bonds. The summed E-state index contributed by atoms with van der Waals surface area (Å²) < 4.78 is 29.2. The van der Waals surface area contributed by atoms with Gasteiger partial charge in [-0.1, -0.05) is 41.6 Å². The van der Waals surface area contributed by atoms with Crippen LogP contribution in [0.5, 0.6) is 0 Å². The molecule has 0 aliphatic carbocycles. The maximum Gasteiger partial charge on any atom is 0.266 e. The van der Waals surface area contributed by atoms with Gasteiger partial charge in [-0.15, -0.1) is 0 Å². The van der Waals surface area contributed by atoms with Gasteiger partial charge in [0.15, 0.2) is 5.16 Å². The van der Waals surface area contributed by atoms with E-state index in [1.54, 1.807) is 25.1 Å². The molecule has 5 nitrogen and oxygen atoms in total. The summed E-state index contributed by atoms with van der Waals surface area (Å²) in [6.45, 7) is 3.53. The van der Waals surface area contributed by atoms with E-state index in [-0.39, 0.29) is 22.1 Å². The van der Waals surface area contributed by atoms with Crippen molar-refractivity contribution in [2.45, 2.75) is 24.3 Å². The van der Waals surface area contributed by atoms with E-state index in [1.807, 2.05) is 25.1 Å². The monoisotopic (exact) mass is 485 g/mol. The van der Waals surface area contributed by atoms with Gasteiger partial charge in [-0.05, 0) is 55.8 Å². The summed E-state index contributed by atoms with van der Waals surface area (Å²) in [7, 11) is 0. The summed E-state index contributed by atoms with van der Waals surface area (Å²) in [4.78, 5) is 30.6. The Morgan fingerprint density at radius 3 is 2.61 bits per heavy atom. The van der Waals surface area contributed by atoms with Gasteiger partial charge < -0.3 is 5.32 Å². The van der Waals surface area contributed by atoms with E-state index in [1.165, 1.54) is 6.07 Å². The fourth-order valence-corrected chi connectivity index (χ4v) is 4.34. The molecule has 0 spiro atoms. The number of hydrogen-bond acceptors (Lipinski definition) is 4. The maximum atomic E-state index is 14.7. The quantitative estimate of drug-likeness (QED) is 0.289. The minimum absolute atomic E-state index is 0.0905. The average molecular weight is 486 g/mol. The highest BCUT2D eigenvalue weighted by atomic mass is 35.5. The van der Waals surface area contributed by atoms with E-state index < -0.39 is 22.4 Å². The Labute approximate surface area is 197 Å². The zero-order valence-electron chi connectivity index (χ0n) is 17.6. The van der Waals surface area contributed by atoms with Crippen LogP contribution in [0, 0.1) is 18.6 Å². The molecule has 4 rings (SSSR count). The number of benzene rings is 3. The first-order chi connectivity index (χ1) is 15.7. The summed E-state index contributed by atoms with van der Waals surface area (Å²) in [5.74, 6) is -2.02. The Hall–Kier alpha value is -3.23. The Kier molecular flexibility index (Phi) is 6.49. The Morgan fingerprint density at radius 2 is 1.88 bits per heavy atom. The van der Waals surface area contributed by atoms with Crippen molar-refractivity contribution in [3.05, 3.63) is 93.2 Å². The largest absolute Gasteiger partial charge is 0.325 e. The van der Waals surface area contributed by atoms with Crippen LogP contribution < -0.4 is 10.9 Å². The number of halogens is 3. The van der Waals surface area contributed by atoms with E-state index in [2.05, 4.69) is 10.3 Å². The van der Waals surface area contributed by atoms with Crippen LogP contribution in [0.2, 0.25) is 5.02 Å². The number of rotatable bonds is 5. The minimum atomic E-state index is -0.931. The van der Waals surface area contributed by atoms with Crippen LogP contribution in [0.1, 0.15) is 12.5 Å². The van der Waals surface area contributed by atoms with Gasteiger partial charge in [0.1, 0.15) is 11.6 Å². The molecule has 1 aromatic heterocycles. The molecule has 0 saturated carbocycles. The first-order valence-corrected chi connectivity index (χ1v) is 11.2. The fourth-order valence-electron chi connectivity index (χ4n) is 3.25. The molecule has 0 saturated heterocycles. The molecule has 0 radical (unpaired) electrons. The van der Waals surface area contributed by atoms with Gasteiger partial charge in [-0.3, -0.25) is 14.2 Å². The summed E-state index contributed by atoms with van der Waals surface area (Å²) in [6, 6.07) is 14.8. The van der Waals surface area contributed by atoms with E-state index >= 15 is 0 Å². The number of hydrogen-bond donors (Lipinski definition) is 1. The van der Waals surface area contributed by atoms with Crippen molar-refractivity contribution in [1.82, 2.24) is 9.55 Å². The smallest absolute Gasteiger partial charge is 0.266 e. The number of nitrogens with one attached hydrogen (secondary N) is 1. The first kappa shape index (κ1) is 22.9. The molecular weight excluding hydrogens is 468 g/mol. The first-order valence-electron chi connectivity index (χ1n) is 9.95. The number of anilines is 1. The molecule has 1 N–H and O–H groups in total. The number of amides is 1. The van der Waals surface area contributed by atoms with Crippen molar-refractivity contribution < 1.29 is 13.6 Å². The van der Waals surface area contributed by atoms with E-state index in [9.17, 15) is 18.4 Å². The molecule has 3 aromatic carbocycles. The zero-order chi connectivity index (χ0) is 23.7. The van der Waals surface area contributed by atoms with Crippen LogP contribution in [0.4, 0.5) is 14.5 Å². The van der Waals surface area contributed by atoms with Gasteiger partial charge in [0, 0.05) is 16.8 Å². The average Bonchev–Trinajstić information content (AvgIpc) is 2.77. The SMILES string of the molecule is Cc1ccccc1NC(=O)[C@@H](C)Sc1nc2ccc(Cl)cc2c(=O)n1-c1ccc(F)cc1F. The normalized spacial score (nSPS) is 12.0. The Balaban J connectivity index is 1.79. The molecule has 33 heavy (non-hydrogen) atoms. The summed E-state index contributed by atoms with van der Waals surface area (Å²) in [6.07, 6.45) is 0. The molecule has 9 heteroatoms. The van der Waals surface area contributed by atoms with E-state index in [4.69, 9.17) is 11.6 Å². The van der Waals surface area contributed by atoms with Crippen LogP contribution in [-0.2, 0) is 4.79 Å². The van der Waals surface area contributed by atoms with Crippen LogP contribution >= 0.6 is 23.4 Å². The Bertz CT molecular complexity index is 1440. The predicted octanol–water partition coefficient (Wildman–Crippen LogP) is 5.75. The highest BCUT2D eigenvalue weighted by Crippen LogP contribution is 2.28. The molecular formula is C24H18ClF2N3O2S. The van der Waals surface area contributed by atoms with Crippen molar-refractivity contribution in [2.24, 2.45) is 0 Å². The third-order valence-corrected chi connectivity index (χ3v) is 6.29. The van der Waals surface area contributed by atoms with Gasteiger partial charge in [0.25, 0.3) is 5.56 Å². The molecule has 4 aromatic rings. The Morgan fingerprint density at radius 1 is 1.12 bits per heavy atom. The zero-order valence-corrected chi connectivity index (χ0v) is 19.2. The molecule has 168 valence electrons. The summed E-state index contributed by atoms with van der Waals surface area (Å²) in [5, 5.41) is 2.75. The van der Waals surface area contributed by atoms with Crippen LogP contribution in [0.15, 0.2) is 70.6 Å². The number of aromatic nitrogens is 2. The number of carbonyl (C=O) groups is 1. The van der Waals surface area contributed by atoms with Crippen molar-refractivity contribution >= 4 is 45.9 Å². The van der Waals surface area contributed by atoms with Gasteiger partial charge in [-0.25, -0.2) is 13.8 Å². The number of nitrogens with zero attached hydrogens (tertiary/aromatic N) is 2. The number of aryl methyl sites for hydroxylation is 1. The number of carbonyl (C=O) groups excluding carboxylic acids is 1. The molecule has 0 aliphatic heterocycles. The van der Waals surface area contributed by atoms with Gasteiger partial charge in [0.2, 0.25) is 5.91 Å². The lowest BCUT2D eigenvalue weighted by Gasteiger charge is -2.17. The third kappa shape index (κ3) is 4.77. The van der Waals surface area contributed by atoms with Crippen molar-refractivity contribution in [3.8, 4) is 5.69 Å². The number of thioether (sulfide) groups is 1. The summed E-state index contributed by atoms with van der Waals surface area (Å²) in [5.41, 5.74) is 1.15. The van der Waals surface area contributed by atoms with Crippen LogP contribution in [-0.4, -0.2) is 20.7 Å². The predicted molar refractivity (Wildman–Crippen MR) is 127 cm³/mol. The third-order valence-electron chi connectivity index (χ3n) is 5.00. The molecule has 0 aliphatic rings. The second kappa shape index (κ2) is 9.33. The van der Waals surface area contributed by atoms with Crippen molar-refractivity contribution in [2.75, 3.05) is 5.32 Å². The lowest BCUT2D eigenvalue weighted by molar-refractivity contribution is -0.115. The highest BCUT2D eigenvalue weighted by molar-refractivity contribution is 8.00. The van der Waals surface area contributed by atoms with Crippen molar-refractivity contribution in [1.29, 1.82) is 0 Å². The minimum Gasteiger partial charge on any atom is -0.325 e. The van der Waals surface area contributed by atoms with E-state index in [0.717, 1.165) is 34.0 Å². The fraction of sp³-hybridized carbons (Fsp3) is 0.125. The maximum absolute atomic E-state index is 14.7. The second-order valence-corrected chi connectivity index (χ2v) is 9.10. The number of fused-ring (bicyclic) bond motifs is 1. The van der Waals surface area contributed by atoms with Gasteiger partial charge in [-0.2, -0.15) is 0 Å². The topological polar surface area (TPSA) is 64.0 Å². The molecule has 0 fully saturated rings. The number of para-hydroxylation sites is 1. The summed E-state index contributed by atoms with van der Waals surface area (Å²) >= 11 is 7.03. The van der Waals surface area contributed by atoms with Crippen LogP contribution in [0.25, 0.3) is 16.6 Å². The molecule has 0 bridgehead atoms. The molecule has 0 unspecified atom stereocenters.